The highest BCUT2D eigenvalue weighted by atomic mass is 32.1. The Morgan fingerprint density at radius 1 is 1.18 bits per heavy atom. The number of imidazole rings is 1. The van der Waals surface area contributed by atoms with Gasteiger partial charge in [-0.3, -0.25) is 4.57 Å². The third-order valence-corrected chi connectivity index (χ3v) is 4.14. The molecule has 4 rings (SSSR count). The summed E-state index contributed by atoms with van der Waals surface area (Å²) in [4.78, 5) is 15.0. The molecule has 7 heteroatoms. The van der Waals surface area contributed by atoms with Gasteiger partial charge in [0.1, 0.15) is 12.1 Å². The second kappa shape index (κ2) is 5.19. The Bertz CT molecular complexity index is 892. The predicted molar refractivity (Wildman–Crippen MR) is 82.7 cm³/mol. The molecule has 0 spiro atoms. The van der Waals surface area contributed by atoms with Gasteiger partial charge in [0.2, 0.25) is 5.82 Å². The SMILES string of the molecule is Cc1ccc(-c2nc(-c3ccc(-n4ccnc4)nc3)no2)s1. The van der Waals surface area contributed by atoms with Gasteiger partial charge in [-0.05, 0) is 31.2 Å². The lowest BCUT2D eigenvalue weighted by atomic mass is 10.2. The monoisotopic (exact) mass is 309 g/mol. The molecule has 0 bridgehead atoms. The molecule has 0 N–H and O–H groups in total. The molecule has 0 aromatic carbocycles. The summed E-state index contributed by atoms with van der Waals surface area (Å²) in [5, 5.41) is 4.03. The Kier molecular flexibility index (Phi) is 3.05. The number of hydrogen-bond donors (Lipinski definition) is 0. The van der Waals surface area contributed by atoms with Crippen LogP contribution >= 0.6 is 11.3 Å². The lowest BCUT2D eigenvalue weighted by Gasteiger charge is -2.00. The second-order valence-electron chi connectivity index (χ2n) is 4.71. The van der Waals surface area contributed by atoms with Crippen molar-refractivity contribution in [2.75, 3.05) is 0 Å². The van der Waals surface area contributed by atoms with Crippen LogP contribution in [0.4, 0.5) is 0 Å². The molecule has 6 nitrogen and oxygen atoms in total. The van der Waals surface area contributed by atoms with E-state index in [-0.39, 0.29) is 0 Å². The van der Waals surface area contributed by atoms with Gasteiger partial charge in [0, 0.05) is 29.0 Å². The van der Waals surface area contributed by atoms with E-state index in [1.54, 1.807) is 30.1 Å². The number of nitrogens with zero attached hydrogens (tertiary/aromatic N) is 5. The van der Waals surface area contributed by atoms with E-state index in [2.05, 4.69) is 20.1 Å². The molecule has 0 saturated heterocycles. The molecule has 0 unspecified atom stereocenters. The zero-order valence-corrected chi connectivity index (χ0v) is 12.5. The number of rotatable bonds is 3. The summed E-state index contributed by atoms with van der Waals surface area (Å²) in [5.41, 5.74) is 0.812. The van der Waals surface area contributed by atoms with E-state index < -0.39 is 0 Å². The number of aryl methyl sites for hydroxylation is 1. The van der Waals surface area contributed by atoms with E-state index in [9.17, 15) is 0 Å². The van der Waals surface area contributed by atoms with Crippen molar-refractivity contribution in [2.45, 2.75) is 6.92 Å². The third-order valence-electron chi connectivity index (χ3n) is 3.15. The topological polar surface area (TPSA) is 69.6 Å². The highest BCUT2D eigenvalue weighted by Gasteiger charge is 2.12. The molecule has 4 aromatic rings. The van der Waals surface area contributed by atoms with E-state index >= 15 is 0 Å². The molecular formula is C15H11N5OS. The van der Waals surface area contributed by atoms with Gasteiger partial charge in [-0.1, -0.05) is 5.16 Å². The average molecular weight is 309 g/mol. The van der Waals surface area contributed by atoms with Gasteiger partial charge in [0.05, 0.1) is 4.88 Å². The molecule has 22 heavy (non-hydrogen) atoms. The summed E-state index contributed by atoms with van der Waals surface area (Å²) in [6.07, 6.45) is 6.98. The molecule has 0 aliphatic heterocycles. The van der Waals surface area contributed by atoms with Crippen LogP contribution in [-0.4, -0.2) is 24.7 Å². The van der Waals surface area contributed by atoms with Gasteiger partial charge in [-0.2, -0.15) is 4.98 Å². The summed E-state index contributed by atoms with van der Waals surface area (Å²) in [5.74, 6) is 1.86. The standard InChI is InChI=1S/C15H11N5OS/c1-10-2-4-12(22-10)15-18-14(19-21-15)11-3-5-13(17-8-11)20-7-6-16-9-20/h2-9H,1H3. The van der Waals surface area contributed by atoms with E-state index in [1.165, 1.54) is 4.88 Å². The molecule has 0 aliphatic carbocycles. The van der Waals surface area contributed by atoms with Crippen molar-refractivity contribution in [3.05, 3.63) is 54.1 Å². The quantitative estimate of drug-likeness (QED) is 0.580. The van der Waals surface area contributed by atoms with Gasteiger partial charge in [0.15, 0.2) is 0 Å². The second-order valence-corrected chi connectivity index (χ2v) is 6.00. The molecule has 0 atom stereocenters. The van der Waals surface area contributed by atoms with Crippen molar-refractivity contribution < 1.29 is 4.52 Å². The lowest BCUT2D eigenvalue weighted by Crippen LogP contribution is -1.94. The van der Waals surface area contributed by atoms with Crippen LogP contribution in [0.1, 0.15) is 4.88 Å². The van der Waals surface area contributed by atoms with Crippen LogP contribution in [-0.2, 0) is 0 Å². The number of hydrogen-bond acceptors (Lipinski definition) is 6. The first-order valence-corrected chi connectivity index (χ1v) is 7.46. The fourth-order valence-corrected chi connectivity index (χ4v) is 2.85. The van der Waals surface area contributed by atoms with Crippen LogP contribution in [0.15, 0.2) is 53.7 Å². The fourth-order valence-electron chi connectivity index (χ4n) is 2.06. The Balaban J connectivity index is 1.64. The van der Waals surface area contributed by atoms with Crippen LogP contribution in [0.25, 0.3) is 28.0 Å². The Morgan fingerprint density at radius 3 is 2.82 bits per heavy atom. The van der Waals surface area contributed by atoms with Gasteiger partial charge < -0.3 is 4.52 Å². The molecule has 0 saturated carbocycles. The first kappa shape index (κ1) is 12.9. The molecular weight excluding hydrogens is 298 g/mol. The molecule has 0 amide bonds. The highest BCUT2D eigenvalue weighted by Crippen LogP contribution is 2.28. The van der Waals surface area contributed by atoms with E-state index in [0.717, 1.165) is 16.3 Å². The maximum Gasteiger partial charge on any atom is 0.268 e. The van der Waals surface area contributed by atoms with Crippen molar-refractivity contribution >= 4 is 11.3 Å². The van der Waals surface area contributed by atoms with Crippen molar-refractivity contribution in [3.63, 3.8) is 0 Å². The van der Waals surface area contributed by atoms with Gasteiger partial charge in [-0.25, -0.2) is 9.97 Å². The minimum absolute atomic E-state index is 0.533. The first-order valence-electron chi connectivity index (χ1n) is 6.65. The normalized spacial score (nSPS) is 11.0. The fraction of sp³-hybridized carbons (Fsp3) is 0.0667. The minimum Gasteiger partial charge on any atom is -0.333 e. The number of thiophene rings is 1. The third kappa shape index (κ3) is 2.31. The smallest absolute Gasteiger partial charge is 0.268 e. The summed E-state index contributed by atoms with van der Waals surface area (Å²) in [7, 11) is 0. The Labute approximate surface area is 130 Å². The van der Waals surface area contributed by atoms with E-state index in [1.807, 2.05) is 42.0 Å². The minimum atomic E-state index is 0.533. The van der Waals surface area contributed by atoms with E-state index in [4.69, 9.17) is 4.52 Å². The highest BCUT2D eigenvalue weighted by molar-refractivity contribution is 7.15. The molecule has 4 aromatic heterocycles. The number of pyridine rings is 1. The summed E-state index contributed by atoms with van der Waals surface area (Å²) in [6, 6.07) is 7.82. The van der Waals surface area contributed by atoms with Crippen LogP contribution in [0.3, 0.4) is 0 Å². The zero-order valence-electron chi connectivity index (χ0n) is 11.7. The lowest BCUT2D eigenvalue weighted by molar-refractivity contribution is 0.433. The van der Waals surface area contributed by atoms with Crippen molar-refractivity contribution in [1.82, 2.24) is 24.7 Å². The largest absolute Gasteiger partial charge is 0.333 e. The predicted octanol–water partition coefficient (Wildman–Crippen LogP) is 3.35. The van der Waals surface area contributed by atoms with Crippen molar-refractivity contribution in [1.29, 1.82) is 0 Å². The van der Waals surface area contributed by atoms with Crippen LogP contribution in [0.2, 0.25) is 0 Å². The molecule has 4 heterocycles. The Morgan fingerprint density at radius 2 is 2.14 bits per heavy atom. The van der Waals surface area contributed by atoms with Gasteiger partial charge in [0.25, 0.3) is 5.89 Å². The van der Waals surface area contributed by atoms with Crippen molar-refractivity contribution in [2.24, 2.45) is 0 Å². The Hall–Kier alpha value is -2.80. The molecule has 0 radical (unpaired) electrons. The van der Waals surface area contributed by atoms with Crippen molar-refractivity contribution in [3.8, 4) is 28.0 Å². The average Bonchev–Trinajstić information content (AvgIpc) is 3.28. The molecule has 0 fully saturated rings. The van der Waals surface area contributed by atoms with Crippen LogP contribution in [0.5, 0.6) is 0 Å². The van der Waals surface area contributed by atoms with E-state index in [0.29, 0.717) is 11.7 Å². The van der Waals surface area contributed by atoms with Gasteiger partial charge >= 0.3 is 0 Å². The maximum atomic E-state index is 5.33. The van der Waals surface area contributed by atoms with Crippen LogP contribution in [0, 0.1) is 6.92 Å². The molecule has 0 aliphatic rings. The van der Waals surface area contributed by atoms with Crippen LogP contribution < -0.4 is 0 Å². The summed E-state index contributed by atoms with van der Waals surface area (Å²) < 4.78 is 7.16. The summed E-state index contributed by atoms with van der Waals surface area (Å²) in [6.45, 7) is 2.05. The number of aromatic nitrogens is 5. The van der Waals surface area contributed by atoms with Gasteiger partial charge in [-0.15, -0.1) is 11.3 Å². The molecule has 108 valence electrons. The zero-order chi connectivity index (χ0) is 14.9. The first-order chi connectivity index (χ1) is 10.8. The maximum absolute atomic E-state index is 5.33. The summed E-state index contributed by atoms with van der Waals surface area (Å²) >= 11 is 1.63.